The predicted molar refractivity (Wildman–Crippen MR) is 122 cm³/mol. The molecule has 1 aliphatic heterocycles. The van der Waals surface area contributed by atoms with E-state index in [1.807, 2.05) is 49.4 Å². The Kier molecular flexibility index (Phi) is 8.60. The summed E-state index contributed by atoms with van der Waals surface area (Å²) in [4.78, 5) is 20.9. The highest BCUT2D eigenvalue weighted by atomic mass is 16.6. The Labute approximate surface area is 179 Å². The number of ketones is 1. The lowest BCUT2D eigenvalue weighted by atomic mass is 9.93. The minimum atomic E-state index is 0.0410. The quantitative estimate of drug-likeness (QED) is 0.277. The summed E-state index contributed by atoms with van der Waals surface area (Å²) in [6, 6.07) is 18.0. The number of nitrogens with two attached hydrogens (primary N) is 1. The van der Waals surface area contributed by atoms with Crippen LogP contribution in [0.1, 0.15) is 53.6 Å². The van der Waals surface area contributed by atoms with E-state index in [0.717, 1.165) is 35.5 Å². The zero-order valence-corrected chi connectivity index (χ0v) is 17.9. The molecule has 0 aromatic heterocycles. The molecule has 1 unspecified atom stereocenters. The minimum absolute atomic E-state index is 0.0410. The molecule has 3 rings (SSSR count). The third kappa shape index (κ3) is 6.25. The van der Waals surface area contributed by atoms with Crippen molar-refractivity contribution in [1.82, 2.24) is 4.90 Å². The van der Waals surface area contributed by atoms with Crippen LogP contribution in [-0.4, -0.2) is 48.7 Å². The molecule has 0 amide bonds. The van der Waals surface area contributed by atoms with E-state index in [4.69, 9.17) is 10.6 Å². The minimum Gasteiger partial charge on any atom is -0.394 e. The Morgan fingerprint density at radius 3 is 2.50 bits per heavy atom. The average molecular weight is 408 g/mol. The van der Waals surface area contributed by atoms with Gasteiger partial charge in [0, 0.05) is 24.1 Å². The number of Topliss-reactive ketones (excluding diaryl/α,β-unsaturated/α-hetero) is 1. The maximum atomic E-state index is 12.9. The average Bonchev–Trinajstić information content (AvgIpc) is 2.79. The highest BCUT2D eigenvalue weighted by Crippen LogP contribution is 2.22. The molecule has 2 aromatic rings. The van der Waals surface area contributed by atoms with Gasteiger partial charge in [-0.05, 0) is 45.3 Å². The number of hydrogen-bond acceptors (Lipinski definition) is 5. The fourth-order valence-electron chi connectivity index (χ4n) is 4.04. The number of piperidine rings is 1. The summed E-state index contributed by atoms with van der Waals surface area (Å²) in [6.07, 6.45) is 4.80. The van der Waals surface area contributed by atoms with Crippen LogP contribution in [0.3, 0.4) is 0 Å². The number of oxime groups is 1. The molecule has 0 bridgehead atoms. The number of carbonyl (C=O) groups excluding carboxylic acids is 1. The fraction of sp³-hybridized carbons (Fsp3) is 0.440. The van der Waals surface area contributed by atoms with Crippen molar-refractivity contribution in [2.45, 2.75) is 45.1 Å². The number of aryl methyl sites for hydroxylation is 1. The van der Waals surface area contributed by atoms with E-state index in [9.17, 15) is 4.79 Å². The van der Waals surface area contributed by atoms with Crippen LogP contribution >= 0.6 is 0 Å². The SMILES string of the molecule is Cc1cccc(C(=O)CCC(C(=NOCCN)c2ccccc2)N2CCCCC2)c1. The summed E-state index contributed by atoms with van der Waals surface area (Å²) >= 11 is 0. The Balaban J connectivity index is 1.83. The van der Waals surface area contributed by atoms with Gasteiger partial charge in [-0.2, -0.15) is 0 Å². The molecule has 0 saturated carbocycles. The van der Waals surface area contributed by atoms with Crippen LogP contribution in [0.25, 0.3) is 0 Å². The van der Waals surface area contributed by atoms with Gasteiger partial charge < -0.3 is 10.6 Å². The van der Waals surface area contributed by atoms with Crippen LogP contribution in [0.4, 0.5) is 0 Å². The number of likely N-dealkylation sites (tertiary alicyclic amines) is 1. The number of benzene rings is 2. The summed E-state index contributed by atoms with van der Waals surface area (Å²) in [5.41, 5.74) is 9.41. The first-order valence-corrected chi connectivity index (χ1v) is 11.0. The van der Waals surface area contributed by atoms with E-state index in [0.29, 0.717) is 26.0 Å². The molecular weight excluding hydrogens is 374 g/mol. The molecule has 0 aliphatic carbocycles. The van der Waals surface area contributed by atoms with Crippen molar-refractivity contribution in [1.29, 1.82) is 0 Å². The van der Waals surface area contributed by atoms with Crippen molar-refractivity contribution < 1.29 is 9.63 Å². The van der Waals surface area contributed by atoms with Gasteiger partial charge in [0.05, 0.1) is 6.04 Å². The molecule has 1 atom stereocenters. The molecule has 2 aromatic carbocycles. The molecule has 5 heteroatoms. The van der Waals surface area contributed by atoms with Crippen molar-refractivity contribution in [3.63, 3.8) is 0 Å². The first-order valence-electron chi connectivity index (χ1n) is 11.0. The third-order valence-electron chi connectivity index (χ3n) is 5.57. The second kappa shape index (κ2) is 11.6. The molecule has 5 nitrogen and oxygen atoms in total. The third-order valence-corrected chi connectivity index (χ3v) is 5.57. The van der Waals surface area contributed by atoms with Gasteiger partial charge in [-0.25, -0.2) is 0 Å². The van der Waals surface area contributed by atoms with Gasteiger partial charge in [0.25, 0.3) is 0 Å². The van der Waals surface area contributed by atoms with E-state index < -0.39 is 0 Å². The predicted octanol–water partition coefficient (Wildman–Crippen LogP) is 4.19. The maximum absolute atomic E-state index is 12.9. The first-order chi connectivity index (χ1) is 14.7. The Hall–Kier alpha value is -2.50. The molecule has 30 heavy (non-hydrogen) atoms. The molecule has 1 aliphatic rings. The van der Waals surface area contributed by atoms with Crippen molar-refractivity contribution in [3.8, 4) is 0 Å². The lowest BCUT2D eigenvalue weighted by Crippen LogP contribution is -2.45. The number of rotatable bonds is 10. The Morgan fingerprint density at radius 1 is 1.07 bits per heavy atom. The van der Waals surface area contributed by atoms with E-state index in [1.165, 1.54) is 19.3 Å². The molecule has 1 fully saturated rings. The van der Waals surface area contributed by atoms with Crippen molar-refractivity contribution in [3.05, 3.63) is 71.3 Å². The monoisotopic (exact) mass is 407 g/mol. The number of carbonyl (C=O) groups is 1. The summed E-state index contributed by atoms with van der Waals surface area (Å²) in [5.74, 6) is 0.177. The second-order valence-electron chi connectivity index (χ2n) is 7.91. The van der Waals surface area contributed by atoms with E-state index in [2.05, 4.69) is 22.2 Å². The summed E-state index contributed by atoms with van der Waals surface area (Å²) in [5, 5.41) is 4.51. The van der Waals surface area contributed by atoms with Crippen molar-refractivity contribution in [2.24, 2.45) is 10.9 Å². The Bertz CT molecular complexity index is 829. The lowest BCUT2D eigenvalue weighted by Gasteiger charge is -2.35. The van der Waals surface area contributed by atoms with Gasteiger partial charge in [-0.1, -0.05) is 65.7 Å². The van der Waals surface area contributed by atoms with Gasteiger partial charge in [0.1, 0.15) is 12.3 Å². The highest BCUT2D eigenvalue weighted by Gasteiger charge is 2.28. The van der Waals surface area contributed by atoms with Crippen LogP contribution < -0.4 is 5.73 Å². The molecule has 1 saturated heterocycles. The molecule has 1 heterocycles. The topological polar surface area (TPSA) is 67.9 Å². The summed E-state index contributed by atoms with van der Waals surface area (Å²) < 4.78 is 0. The van der Waals surface area contributed by atoms with Gasteiger partial charge in [-0.3, -0.25) is 9.69 Å². The maximum Gasteiger partial charge on any atom is 0.162 e. The standard InChI is InChI=1S/C25H33N3O2/c1-20-9-8-12-22(19-20)24(29)14-13-23(28-16-6-3-7-17-28)25(27-30-18-15-26)21-10-4-2-5-11-21/h2,4-5,8-12,19,23H,3,6-7,13-18,26H2,1H3. The highest BCUT2D eigenvalue weighted by molar-refractivity contribution is 6.04. The Morgan fingerprint density at radius 2 is 1.80 bits per heavy atom. The normalized spacial score (nSPS) is 16.3. The van der Waals surface area contributed by atoms with Crippen LogP contribution in [0.2, 0.25) is 0 Å². The first kappa shape index (κ1) is 22.2. The molecule has 0 radical (unpaired) electrons. The smallest absolute Gasteiger partial charge is 0.162 e. The lowest BCUT2D eigenvalue weighted by molar-refractivity contribution is 0.0963. The van der Waals surface area contributed by atoms with Crippen LogP contribution in [-0.2, 0) is 4.84 Å². The van der Waals surface area contributed by atoms with Gasteiger partial charge in [0.2, 0.25) is 0 Å². The van der Waals surface area contributed by atoms with Crippen LogP contribution in [0.5, 0.6) is 0 Å². The van der Waals surface area contributed by atoms with E-state index >= 15 is 0 Å². The molecule has 2 N–H and O–H groups in total. The van der Waals surface area contributed by atoms with Crippen LogP contribution in [0, 0.1) is 6.92 Å². The van der Waals surface area contributed by atoms with E-state index in [1.54, 1.807) is 0 Å². The number of nitrogens with zero attached hydrogens (tertiary/aromatic N) is 2. The second-order valence-corrected chi connectivity index (χ2v) is 7.91. The van der Waals surface area contributed by atoms with Gasteiger partial charge in [0.15, 0.2) is 5.78 Å². The van der Waals surface area contributed by atoms with Crippen molar-refractivity contribution in [2.75, 3.05) is 26.2 Å². The van der Waals surface area contributed by atoms with Gasteiger partial charge in [-0.15, -0.1) is 0 Å². The van der Waals surface area contributed by atoms with Gasteiger partial charge >= 0.3 is 0 Å². The molecule has 160 valence electrons. The number of hydrogen-bond donors (Lipinski definition) is 1. The molecule has 0 spiro atoms. The van der Waals surface area contributed by atoms with E-state index in [-0.39, 0.29) is 11.8 Å². The summed E-state index contributed by atoms with van der Waals surface area (Å²) in [7, 11) is 0. The fourth-order valence-corrected chi connectivity index (χ4v) is 4.04. The largest absolute Gasteiger partial charge is 0.394 e. The molecular formula is C25H33N3O2. The van der Waals surface area contributed by atoms with Crippen LogP contribution in [0.15, 0.2) is 59.8 Å². The zero-order chi connectivity index (χ0) is 21.2. The summed E-state index contributed by atoms with van der Waals surface area (Å²) in [6.45, 7) is 4.86. The van der Waals surface area contributed by atoms with Crippen molar-refractivity contribution >= 4 is 11.5 Å². The zero-order valence-electron chi connectivity index (χ0n) is 17.9.